The van der Waals surface area contributed by atoms with E-state index in [0.717, 1.165) is 11.1 Å². The number of rotatable bonds is 6. The summed E-state index contributed by atoms with van der Waals surface area (Å²) in [5.74, 6) is 1.41. The third-order valence-electron chi connectivity index (χ3n) is 4.98. The zero-order valence-corrected chi connectivity index (χ0v) is 15.6. The van der Waals surface area contributed by atoms with Crippen molar-refractivity contribution in [2.24, 2.45) is 11.8 Å². The van der Waals surface area contributed by atoms with Crippen LogP contribution in [-0.4, -0.2) is 15.8 Å². The Morgan fingerprint density at radius 1 is 1.16 bits per heavy atom. The standard InChI is InChI=1S/C21H25N3O/c1-14(2)15(3)11-19(25)21(4,5)17-9-7-16(8-10-17)18-12-23-13-20(22-6)24-18/h7-10,12-15H,11H2,1-5H3/t15-/m1/s1. The summed E-state index contributed by atoms with van der Waals surface area (Å²) in [7, 11) is 0. The minimum atomic E-state index is -0.522. The van der Waals surface area contributed by atoms with Gasteiger partial charge >= 0.3 is 0 Å². The third-order valence-corrected chi connectivity index (χ3v) is 4.98. The number of aromatic nitrogens is 2. The van der Waals surface area contributed by atoms with Gasteiger partial charge in [-0.1, -0.05) is 51.6 Å². The van der Waals surface area contributed by atoms with Gasteiger partial charge in [0.1, 0.15) is 5.78 Å². The van der Waals surface area contributed by atoms with E-state index in [9.17, 15) is 4.79 Å². The Kier molecular flexibility index (Phi) is 5.69. The van der Waals surface area contributed by atoms with Crippen LogP contribution in [0.25, 0.3) is 16.1 Å². The van der Waals surface area contributed by atoms with Crippen LogP contribution in [0.1, 0.15) is 46.6 Å². The molecule has 0 radical (unpaired) electrons. The number of carbonyl (C=O) groups is 1. The topological polar surface area (TPSA) is 47.2 Å². The molecule has 25 heavy (non-hydrogen) atoms. The molecule has 4 heteroatoms. The molecular weight excluding hydrogens is 310 g/mol. The number of benzene rings is 1. The van der Waals surface area contributed by atoms with Gasteiger partial charge < -0.3 is 4.85 Å². The highest BCUT2D eigenvalue weighted by atomic mass is 16.1. The zero-order valence-electron chi connectivity index (χ0n) is 15.6. The van der Waals surface area contributed by atoms with Crippen LogP contribution in [0.15, 0.2) is 36.7 Å². The van der Waals surface area contributed by atoms with Crippen LogP contribution in [-0.2, 0) is 10.2 Å². The Morgan fingerprint density at radius 3 is 2.36 bits per heavy atom. The van der Waals surface area contributed by atoms with Gasteiger partial charge in [-0.2, -0.15) is 0 Å². The van der Waals surface area contributed by atoms with Gasteiger partial charge in [0.2, 0.25) is 0 Å². The Balaban J connectivity index is 2.23. The fourth-order valence-electron chi connectivity index (χ4n) is 2.55. The summed E-state index contributed by atoms with van der Waals surface area (Å²) in [4.78, 5) is 24.4. The molecule has 1 aromatic carbocycles. The highest BCUT2D eigenvalue weighted by Crippen LogP contribution is 2.30. The van der Waals surface area contributed by atoms with Gasteiger partial charge in [-0.25, -0.2) is 0 Å². The van der Waals surface area contributed by atoms with Gasteiger partial charge in [-0.05, 0) is 31.2 Å². The number of Topliss-reactive ketones (excluding diaryl/α,β-unsaturated/α-hetero) is 1. The molecule has 0 saturated carbocycles. The maximum Gasteiger partial charge on any atom is 0.288 e. The van der Waals surface area contributed by atoms with Crippen molar-refractivity contribution in [2.45, 2.75) is 46.5 Å². The smallest absolute Gasteiger partial charge is 0.288 e. The molecule has 0 aliphatic carbocycles. The van der Waals surface area contributed by atoms with E-state index in [1.807, 2.05) is 38.1 Å². The number of hydrogen-bond acceptors (Lipinski definition) is 3. The molecule has 0 N–H and O–H groups in total. The summed E-state index contributed by atoms with van der Waals surface area (Å²) >= 11 is 0. The molecule has 130 valence electrons. The highest BCUT2D eigenvalue weighted by molar-refractivity contribution is 5.89. The molecule has 0 spiro atoms. The first kappa shape index (κ1) is 18.8. The molecule has 0 amide bonds. The second-order valence-corrected chi connectivity index (χ2v) is 7.43. The molecule has 4 nitrogen and oxygen atoms in total. The van der Waals surface area contributed by atoms with Crippen molar-refractivity contribution in [1.29, 1.82) is 0 Å². The van der Waals surface area contributed by atoms with Crippen molar-refractivity contribution in [2.75, 3.05) is 0 Å². The summed E-state index contributed by atoms with van der Waals surface area (Å²) < 4.78 is 0. The monoisotopic (exact) mass is 335 g/mol. The third kappa shape index (κ3) is 4.30. The summed E-state index contributed by atoms with van der Waals surface area (Å²) in [5.41, 5.74) is 2.02. The number of ketones is 1. The van der Waals surface area contributed by atoms with Crippen LogP contribution < -0.4 is 0 Å². The van der Waals surface area contributed by atoms with Crippen molar-refractivity contribution in [3.05, 3.63) is 53.6 Å². The lowest BCUT2D eigenvalue weighted by Gasteiger charge is -2.26. The van der Waals surface area contributed by atoms with Crippen LogP contribution in [0.4, 0.5) is 5.82 Å². The largest absolute Gasteiger partial charge is 0.359 e. The van der Waals surface area contributed by atoms with Crippen molar-refractivity contribution in [1.82, 2.24) is 9.97 Å². The predicted octanol–water partition coefficient (Wildman–Crippen LogP) is 5.22. The summed E-state index contributed by atoms with van der Waals surface area (Å²) in [6.45, 7) is 17.4. The zero-order chi connectivity index (χ0) is 18.6. The predicted molar refractivity (Wildman–Crippen MR) is 100 cm³/mol. The van der Waals surface area contributed by atoms with E-state index in [2.05, 4.69) is 35.6 Å². The van der Waals surface area contributed by atoms with E-state index >= 15 is 0 Å². The summed E-state index contributed by atoms with van der Waals surface area (Å²) in [5, 5.41) is 0. The summed E-state index contributed by atoms with van der Waals surface area (Å²) in [6, 6.07) is 7.82. The molecule has 2 rings (SSSR count). The van der Waals surface area contributed by atoms with Gasteiger partial charge in [-0.15, -0.1) is 4.98 Å². The molecule has 0 fully saturated rings. The van der Waals surface area contributed by atoms with E-state index in [1.54, 1.807) is 6.20 Å². The van der Waals surface area contributed by atoms with Crippen molar-refractivity contribution in [3.8, 4) is 11.3 Å². The molecule has 0 aliphatic heterocycles. The van der Waals surface area contributed by atoms with Crippen LogP contribution in [0, 0.1) is 18.4 Å². The van der Waals surface area contributed by atoms with E-state index < -0.39 is 5.41 Å². The van der Waals surface area contributed by atoms with Gasteiger partial charge in [0.15, 0.2) is 5.69 Å². The Labute approximate surface area is 150 Å². The van der Waals surface area contributed by atoms with Crippen molar-refractivity contribution >= 4 is 11.6 Å². The minimum Gasteiger partial charge on any atom is -0.359 e. The Bertz CT molecular complexity index is 786. The van der Waals surface area contributed by atoms with Crippen molar-refractivity contribution < 1.29 is 4.79 Å². The van der Waals surface area contributed by atoms with E-state index in [-0.39, 0.29) is 11.6 Å². The van der Waals surface area contributed by atoms with Crippen LogP contribution >= 0.6 is 0 Å². The summed E-state index contributed by atoms with van der Waals surface area (Å²) in [6.07, 6.45) is 3.68. The molecule has 0 unspecified atom stereocenters. The highest BCUT2D eigenvalue weighted by Gasteiger charge is 2.30. The van der Waals surface area contributed by atoms with Gasteiger partial charge in [-0.3, -0.25) is 9.78 Å². The molecule has 1 aromatic heterocycles. The quantitative estimate of drug-likeness (QED) is 0.680. The normalized spacial score (nSPS) is 12.7. The Morgan fingerprint density at radius 2 is 1.80 bits per heavy atom. The van der Waals surface area contributed by atoms with E-state index in [0.29, 0.717) is 24.0 Å². The van der Waals surface area contributed by atoms with Gasteiger partial charge in [0.05, 0.1) is 12.4 Å². The van der Waals surface area contributed by atoms with Crippen LogP contribution in [0.5, 0.6) is 0 Å². The van der Waals surface area contributed by atoms with Crippen LogP contribution in [0.2, 0.25) is 0 Å². The first-order chi connectivity index (χ1) is 11.8. The average Bonchev–Trinajstić information content (AvgIpc) is 2.61. The molecular formula is C21H25N3O. The Hall–Kier alpha value is -2.54. The van der Waals surface area contributed by atoms with Crippen LogP contribution in [0.3, 0.4) is 0 Å². The second-order valence-electron chi connectivity index (χ2n) is 7.43. The molecule has 0 bridgehead atoms. The molecule has 2 aromatic rings. The lowest BCUT2D eigenvalue weighted by atomic mass is 9.76. The fourth-order valence-corrected chi connectivity index (χ4v) is 2.55. The lowest BCUT2D eigenvalue weighted by Crippen LogP contribution is -2.31. The van der Waals surface area contributed by atoms with E-state index in [4.69, 9.17) is 6.57 Å². The number of nitrogens with zero attached hydrogens (tertiary/aromatic N) is 3. The lowest BCUT2D eigenvalue weighted by molar-refractivity contribution is -0.124. The van der Waals surface area contributed by atoms with E-state index in [1.165, 1.54) is 6.20 Å². The SMILES string of the molecule is [C-]#[N+]c1cncc(-c2ccc(C(C)(C)C(=O)C[C@@H](C)C(C)C)cc2)n1. The average molecular weight is 335 g/mol. The first-order valence-electron chi connectivity index (χ1n) is 8.59. The van der Waals surface area contributed by atoms with Crippen molar-refractivity contribution in [3.63, 3.8) is 0 Å². The first-order valence-corrected chi connectivity index (χ1v) is 8.59. The molecule has 0 aliphatic rings. The van der Waals surface area contributed by atoms with Gasteiger partial charge in [0.25, 0.3) is 5.82 Å². The minimum absolute atomic E-state index is 0.260. The molecule has 1 heterocycles. The fraction of sp³-hybridized carbons (Fsp3) is 0.429. The second kappa shape index (κ2) is 7.57. The molecule has 0 saturated heterocycles. The maximum atomic E-state index is 12.8. The number of hydrogen-bond donors (Lipinski definition) is 0. The number of carbonyl (C=O) groups excluding carboxylic acids is 1. The maximum absolute atomic E-state index is 12.8. The molecule has 1 atom stereocenters. The van der Waals surface area contributed by atoms with Gasteiger partial charge in [0, 0.05) is 17.4 Å².